The van der Waals surface area contributed by atoms with E-state index in [1.807, 2.05) is 0 Å². The summed E-state index contributed by atoms with van der Waals surface area (Å²) in [5.74, 6) is -0.944. The van der Waals surface area contributed by atoms with E-state index < -0.39 is 5.97 Å². The van der Waals surface area contributed by atoms with Crippen LogP contribution in [0.3, 0.4) is 0 Å². The monoisotopic (exact) mass is 227 g/mol. The van der Waals surface area contributed by atoms with Gasteiger partial charge in [0.1, 0.15) is 0 Å². The lowest BCUT2D eigenvalue weighted by atomic mass is 9.99. The van der Waals surface area contributed by atoms with E-state index in [2.05, 4.69) is 6.58 Å². The minimum atomic E-state index is -0.944. The SMILES string of the molecule is C=CC[C@H](N)c1ccccc1C(=O)O.Cl. The van der Waals surface area contributed by atoms with Crippen molar-refractivity contribution in [2.45, 2.75) is 12.5 Å². The molecule has 0 spiro atoms. The zero-order valence-electron chi connectivity index (χ0n) is 8.22. The summed E-state index contributed by atoms with van der Waals surface area (Å²) in [6.07, 6.45) is 2.26. The van der Waals surface area contributed by atoms with E-state index >= 15 is 0 Å². The summed E-state index contributed by atoms with van der Waals surface area (Å²) < 4.78 is 0. The highest BCUT2D eigenvalue weighted by Gasteiger charge is 2.13. The normalized spacial score (nSPS) is 11.3. The van der Waals surface area contributed by atoms with E-state index in [0.717, 1.165) is 0 Å². The van der Waals surface area contributed by atoms with E-state index in [-0.39, 0.29) is 24.0 Å². The lowest BCUT2D eigenvalue weighted by molar-refractivity contribution is 0.0695. The Morgan fingerprint density at radius 2 is 2.13 bits per heavy atom. The fraction of sp³-hybridized carbons (Fsp3) is 0.182. The quantitative estimate of drug-likeness (QED) is 0.777. The highest BCUT2D eigenvalue weighted by atomic mass is 35.5. The molecule has 0 aliphatic rings. The summed E-state index contributed by atoms with van der Waals surface area (Å²) in [6, 6.07) is 6.47. The number of carboxylic acid groups (broad SMARTS) is 1. The second-order valence-electron chi connectivity index (χ2n) is 3.02. The van der Waals surface area contributed by atoms with Gasteiger partial charge in [-0.05, 0) is 18.1 Å². The summed E-state index contributed by atoms with van der Waals surface area (Å²) in [7, 11) is 0. The molecule has 0 aliphatic heterocycles. The van der Waals surface area contributed by atoms with Crippen LogP contribution in [0.15, 0.2) is 36.9 Å². The van der Waals surface area contributed by atoms with Crippen molar-refractivity contribution in [3.05, 3.63) is 48.0 Å². The number of nitrogens with two attached hydrogens (primary N) is 1. The Morgan fingerprint density at radius 1 is 1.53 bits per heavy atom. The van der Waals surface area contributed by atoms with Crippen LogP contribution < -0.4 is 5.73 Å². The van der Waals surface area contributed by atoms with Crippen molar-refractivity contribution in [2.75, 3.05) is 0 Å². The first-order chi connectivity index (χ1) is 6.66. The third-order valence-corrected chi connectivity index (χ3v) is 2.01. The number of carbonyl (C=O) groups is 1. The average molecular weight is 228 g/mol. The van der Waals surface area contributed by atoms with Gasteiger partial charge in [0, 0.05) is 6.04 Å². The van der Waals surface area contributed by atoms with Gasteiger partial charge in [-0.1, -0.05) is 24.3 Å². The number of rotatable bonds is 4. The molecule has 0 aromatic heterocycles. The molecule has 15 heavy (non-hydrogen) atoms. The summed E-state index contributed by atoms with van der Waals surface area (Å²) in [5, 5.41) is 8.90. The molecular formula is C11H14ClNO2. The smallest absolute Gasteiger partial charge is 0.336 e. The minimum Gasteiger partial charge on any atom is -0.478 e. The Labute approximate surface area is 95.0 Å². The molecule has 0 saturated carbocycles. The first-order valence-corrected chi connectivity index (χ1v) is 4.35. The Balaban J connectivity index is 0.00000196. The Kier molecular flexibility index (Phi) is 5.67. The van der Waals surface area contributed by atoms with Crippen molar-refractivity contribution in [3.8, 4) is 0 Å². The van der Waals surface area contributed by atoms with Crippen LogP contribution in [0.25, 0.3) is 0 Å². The molecule has 3 N–H and O–H groups in total. The van der Waals surface area contributed by atoms with Gasteiger partial charge in [-0.25, -0.2) is 4.79 Å². The van der Waals surface area contributed by atoms with Crippen LogP contribution in [0.5, 0.6) is 0 Å². The van der Waals surface area contributed by atoms with Gasteiger partial charge in [-0.3, -0.25) is 0 Å². The van der Waals surface area contributed by atoms with E-state index in [9.17, 15) is 4.79 Å². The van der Waals surface area contributed by atoms with E-state index in [0.29, 0.717) is 12.0 Å². The molecule has 4 heteroatoms. The second kappa shape index (κ2) is 6.22. The van der Waals surface area contributed by atoms with Gasteiger partial charge < -0.3 is 10.8 Å². The Morgan fingerprint density at radius 3 is 2.67 bits per heavy atom. The van der Waals surface area contributed by atoms with Crippen molar-refractivity contribution in [1.29, 1.82) is 0 Å². The summed E-state index contributed by atoms with van der Waals surface area (Å²) in [6.45, 7) is 3.57. The molecule has 0 unspecified atom stereocenters. The number of halogens is 1. The average Bonchev–Trinajstić information content (AvgIpc) is 2.18. The molecule has 1 rings (SSSR count). The van der Waals surface area contributed by atoms with Gasteiger partial charge >= 0.3 is 5.97 Å². The lowest BCUT2D eigenvalue weighted by Crippen LogP contribution is -2.14. The minimum absolute atomic E-state index is 0. The highest BCUT2D eigenvalue weighted by molar-refractivity contribution is 5.89. The first kappa shape index (κ1) is 13.7. The molecule has 82 valence electrons. The third-order valence-electron chi connectivity index (χ3n) is 2.01. The maximum Gasteiger partial charge on any atom is 0.336 e. The summed E-state index contributed by atoms with van der Waals surface area (Å²) in [4.78, 5) is 10.8. The predicted molar refractivity (Wildman–Crippen MR) is 62.4 cm³/mol. The fourth-order valence-corrected chi connectivity index (χ4v) is 1.32. The molecule has 0 saturated heterocycles. The lowest BCUT2D eigenvalue weighted by Gasteiger charge is -2.11. The molecule has 1 atom stereocenters. The van der Waals surface area contributed by atoms with Crippen LogP contribution in [-0.4, -0.2) is 11.1 Å². The zero-order chi connectivity index (χ0) is 10.6. The largest absolute Gasteiger partial charge is 0.478 e. The maximum atomic E-state index is 10.8. The van der Waals surface area contributed by atoms with Crippen LogP contribution in [-0.2, 0) is 0 Å². The fourth-order valence-electron chi connectivity index (χ4n) is 1.32. The van der Waals surface area contributed by atoms with Crippen LogP contribution in [0.4, 0.5) is 0 Å². The van der Waals surface area contributed by atoms with Crippen molar-refractivity contribution in [2.24, 2.45) is 5.73 Å². The molecule has 3 nitrogen and oxygen atoms in total. The molecule has 0 aliphatic carbocycles. The predicted octanol–water partition coefficient (Wildman–Crippen LogP) is 2.38. The number of hydrogen-bond donors (Lipinski definition) is 2. The van der Waals surface area contributed by atoms with E-state index in [1.54, 1.807) is 30.3 Å². The van der Waals surface area contributed by atoms with Gasteiger partial charge in [0.05, 0.1) is 5.56 Å². The number of carboxylic acids is 1. The van der Waals surface area contributed by atoms with Gasteiger partial charge in [0.2, 0.25) is 0 Å². The summed E-state index contributed by atoms with van der Waals surface area (Å²) >= 11 is 0. The second-order valence-corrected chi connectivity index (χ2v) is 3.02. The molecule has 1 aromatic carbocycles. The third kappa shape index (κ3) is 3.38. The van der Waals surface area contributed by atoms with Crippen molar-refractivity contribution >= 4 is 18.4 Å². The molecule has 0 radical (unpaired) electrons. The molecule has 1 aromatic rings. The van der Waals surface area contributed by atoms with Gasteiger partial charge in [0.15, 0.2) is 0 Å². The van der Waals surface area contributed by atoms with Crippen molar-refractivity contribution in [3.63, 3.8) is 0 Å². The number of benzene rings is 1. The summed E-state index contributed by atoms with van der Waals surface area (Å²) in [5.41, 5.74) is 6.73. The van der Waals surface area contributed by atoms with Crippen LogP contribution >= 0.6 is 12.4 Å². The molecule has 0 heterocycles. The Hall–Kier alpha value is -1.32. The van der Waals surface area contributed by atoms with Gasteiger partial charge in [-0.15, -0.1) is 19.0 Å². The molecule has 0 amide bonds. The highest BCUT2D eigenvalue weighted by Crippen LogP contribution is 2.18. The molecular weight excluding hydrogens is 214 g/mol. The molecule has 0 fully saturated rings. The van der Waals surface area contributed by atoms with Gasteiger partial charge in [0.25, 0.3) is 0 Å². The van der Waals surface area contributed by atoms with Gasteiger partial charge in [-0.2, -0.15) is 0 Å². The van der Waals surface area contributed by atoms with E-state index in [4.69, 9.17) is 10.8 Å². The van der Waals surface area contributed by atoms with Crippen molar-refractivity contribution < 1.29 is 9.90 Å². The zero-order valence-corrected chi connectivity index (χ0v) is 9.04. The Bertz CT molecular complexity index is 352. The standard InChI is InChI=1S/C11H13NO2.ClH/c1-2-5-10(12)8-6-3-4-7-9(8)11(13)14;/h2-4,6-7,10H,1,5,12H2,(H,13,14);1H/t10-;/m0./s1. The first-order valence-electron chi connectivity index (χ1n) is 4.35. The van der Waals surface area contributed by atoms with Crippen LogP contribution in [0.2, 0.25) is 0 Å². The maximum absolute atomic E-state index is 10.8. The van der Waals surface area contributed by atoms with Crippen LogP contribution in [0, 0.1) is 0 Å². The van der Waals surface area contributed by atoms with E-state index in [1.165, 1.54) is 0 Å². The number of hydrogen-bond acceptors (Lipinski definition) is 2. The topological polar surface area (TPSA) is 63.3 Å². The van der Waals surface area contributed by atoms with Crippen molar-refractivity contribution in [1.82, 2.24) is 0 Å². The van der Waals surface area contributed by atoms with Crippen LogP contribution in [0.1, 0.15) is 28.4 Å². The molecule has 0 bridgehead atoms. The number of aromatic carboxylic acids is 1.